The monoisotopic (exact) mass is 262 g/mol. The van der Waals surface area contributed by atoms with E-state index in [0.29, 0.717) is 6.54 Å². The maximum Gasteiger partial charge on any atom is 0.335 e. The lowest BCUT2D eigenvalue weighted by Gasteiger charge is -2.15. The summed E-state index contributed by atoms with van der Waals surface area (Å²) in [7, 11) is 0. The molecule has 1 aromatic carbocycles. The Kier molecular flexibility index (Phi) is 3.74. The van der Waals surface area contributed by atoms with Gasteiger partial charge in [0, 0.05) is 12.1 Å². The summed E-state index contributed by atoms with van der Waals surface area (Å²) in [5, 5.41) is 14.5. The molecule has 1 saturated carbocycles. The maximum absolute atomic E-state index is 11.7. The molecule has 0 heterocycles. The second kappa shape index (κ2) is 5.30. The van der Waals surface area contributed by atoms with Crippen LogP contribution in [0.5, 0.6) is 0 Å². The van der Waals surface area contributed by atoms with Crippen LogP contribution in [0.2, 0.25) is 0 Å². The smallest absolute Gasteiger partial charge is 0.335 e. The quantitative estimate of drug-likeness (QED) is 0.760. The highest BCUT2D eigenvalue weighted by Gasteiger charge is 2.41. The molecule has 0 unspecified atom stereocenters. The molecular formula is C14H18N2O3. The molecular weight excluding hydrogens is 244 g/mol. The Bertz CT molecular complexity index is 478. The molecule has 5 heteroatoms. The van der Waals surface area contributed by atoms with Crippen molar-refractivity contribution in [3.8, 4) is 0 Å². The second-order valence-corrected chi connectivity index (χ2v) is 4.94. The van der Waals surface area contributed by atoms with Gasteiger partial charge in [0.05, 0.1) is 5.56 Å². The fourth-order valence-electron chi connectivity index (χ4n) is 1.95. The minimum Gasteiger partial charge on any atom is -0.478 e. The Labute approximate surface area is 112 Å². The molecule has 0 radical (unpaired) electrons. The van der Waals surface area contributed by atoms with Crippen LogP contribution in [0.3, 0.4) is 0 Å². The Morgan fingerprint density at radius 1 is 1.26 bits per heavy atom. The molecule has 2 rings (SSSR count). The van der Waals surface area contributed by atoms with Gasteiger partial charge in [-0.3, -0.25) is 0 Å². The number of nitrogens with one attached hydrogen (secondary N) is 2. The first-order valence-electron chi connectivity index (χ1n) is 6.43. The number of carboxylic acid groups (broad SMARTS) is 1. The number of benzene rings is 1. The van der Waals surface area contributed by atoms with Crippen molar-refractivity contribution < 1.29 is 14.7 Å². The number of amides is 2. The lowest BCUT2D eigenvalue weighted by Crippen LogP contribution is -2.43. The number of hydrogen-bond donors (Lipinski definition) is 3. The zero-order chi connectivity index (χ0) is 13.9. The molecule has 1 fully saturated rings. The Morgan fingerprint density at radius 2 is 1.89 bits per heavy atom. The van der Waals surface area contributed by atoms with Crippen LogP contribution in [-0.2, 0) is 6.54 Å². The first kappa shape index (κ1) is 13.4. The second-order valence-electron chi connectivity index (χ2n) is 4.94. The highest BCUT2D eigenvalue weighted by Crippen LogP contribution is 2.38. The van der Waals surface area contributed by atoms with Gasteiger partial charge in [-0.15, -0.1) is 0 Å². The average molecular weight is 262 g/mol. The van der Waals surface area contributed by atoms with Gasteiger partial charge in [0.25, 0.3) is 0 Å². The van der Waals surface area contributed by atoms with Crippen molar-refractivity contribution in [2.45, 2.75) is 38.3 Å². The molecule has 1 aromatic rings. The normalized spacial score (nSPS) is 15.6. The number of hydrogen-bond acceptors (Lipinski definition) is 2. The van der Waals surface area contributed by atoms with E-state index in [0.717, 1.165) is 24.8 Å². The zero-order valence-electron chi connectivity index (χ0n) is 10.9. The third-order valence-electron chi connectivity index (χ3n) is 3.56. The van der Waals surface area contributed by atoms with E-state index in [2.05, 4.69) is 17.6 Å². The number of rotatable bonds is 5. The van der Waals surface area contributed by atoms with Crippen molar-refractivity contribution in [1.29, 1.82) is 0 Å². The summed E-state index contributed by atoms with van der Waals surface area (Å²) in [6, 6.07) is 6.31. The molecule has 5 nitrogen and oxygen atoms in total. The summed E-state index contributed by atoms with van der Waals surface area (Å²) < 4.78 is 0. The molecule has 0 bridgehead atoms. The van der Waals surface area contributed by atoms with Gasteiger partial charge >= 0.3 is 12.0 Å². The third kappa shape index (κ3) is 3.47. The molecule has 102 valence electrons. The van der Waals surface area contributed by atoms with Crippen LogP contribution in [-0.4, -0.2) is 22.6 Å². The Balaban J connectivity index is 1.81. The topological polar surface area (TPSA) is 78.4 Å². The van der Waals surface area contributed by atoms with E-state index in [1.165, 1.54) is 12.1 Å². The zero-order valence-corrected chi connectivity index (χ0v) is 10.9. The first-order valence-corrected chi connectivity index (χ1v) is 6.43. The lowest BCUT2D eigenvalue weighted by molar-refractivity contribution is 0.0697. The molecule has 1 aliphatic rings. The number of aromatic carboxylic acids is 1. The highest BCUT2D eigenvalue weighted by atomic mass is 16.4. The van der Waals surface area contributed by atoms with E-state index in [-0.39, 0.29) is 17.1 Å². The van der Waals surface area contributed by atoms with E-state index in [1.807, 2.05) is 0 Å². The van der Waals surface area contributed by atoms with Crippen LogP contribution in [0.15, 0.2) is 24.3 Å². The van der Waals surface area contributed by atoms with Crippen LogP contribution in [0.1, 0.15) is 42.1 Å². The van der Waals surface area contributed by atoms with E-state index < -0.39 is 5.97 Å². The predicted octanol–water partition coefficient (Wildman–Crippen LogP) is 2.13. The lowest BCUT2D eigenvalue weighted by atomic mass is 10.1. The average Bonchev–Trinajstić information content (AvgIpc) is 3.17. The molecule has 19 heavy (non-hydrogen) atoms. The summed E-state index contributed by atoms with van der Waals surface area (Å²) in [5.41, 5.74) is 1.13. The van der Waals surface area contributed by atoms with Gasteiger partial charge in [-0.1, -0.05) is 19.1 Å². The standard InChI is InChI=1S/C14H18N2O3/c1-2-14(7-8-14)16-13(19)15-9-10-3-5-11(6-4-10)12(17)18/h3-6H,2,7-9H2,1H3,(H,17,18)(H2,15,16,19). The Hall–Kier alpha value is -2.04. The number of urea groups is 1. The summed E-state index contributed by atoms with van der Waals surface area (Å²) >= 11 is 0. The molecule has 0 aromatic heterocycles. The summed E-state index contributed by atoms with van der Waals surface area (Å²) in [5.74, 6) is -0.948. The van der Waals surface area contributed by atoms with Gasteiger partial charge in [-0.2, -0.15) is 0 Å². The minimum absolute atomic E-state index is 0.0112. The summed E-state index contributed by atoms with van der Waals surface area (Å²) in [4.78, 5) is 22.4. The molecule has 0 atom stereocenters. The fraction of sp³-hybridized carbons (Fsp3) is 0.429. The van der Waals surface area contributed by atoms with E-state index in [9.17, 15) is 9.59 Å². The number of carboxylic acids is 1. The van der Waals surface area contributed by atoms with Gasteiger partial charge < -0.3 is 15.7 Å². The SMILES string of the molecule is CCC1(NC(=O)NCc2ccc(C(=O)O)cc2)CC1. The van der Waals surface area contributed by atoms with Crippen molar-refractivity contribution in [3.63, 3.8) is 0 Å². The Morgan fingerprint density at radius 3 is 2.37 bits per heavy atom. The predicted molar refractivity (Wildman–Crippen MR) is 71.0 cm³/mol. The van der Waals surface area contributed by atoms with Gasteiger partial charge in [0.15, 0.2) is 0 Å². The molecule has 1 aliphatic carbocycles. The molecule has 3 N–H and O–H groups in total. The molecule has 0 spiro atoms. The van der Waals surface area contributed by atoms with Crippen LogP contribution in [0.4, 0.5) is 4.79 Å². The largest absolute Gasteiger partial charge is 0.478 e. The van der Waals surface area contributed by atoms with Gasteiger partial charge in [-0.05, 0) is 37.0 Å². The van der Waals surface area contributed by atoms with Crippen molar-refractivity contribution in [2.75, 3.05) is 0 Å². The number of carbonyl (C=O) groups excluding carboxylic acids is 1. The van der Waals surface area contributed by atoms with Crippen LogP contribution < -0.4 is 10.6 Å². The summed E-state index contributed by atoms with van der Waals surface area (Å²) in [6.07, 6.45) is 3.04. The molecule has 0 saturated heterocycles. The summed E-state index contributed by atoms with van der Waals surface area (Å²) in [6.45, 7) is 2.46. The van der Waals surface area contributed by atoms with E-state index in [4.69, 9.17) is 5.11 Å². The first-order chi connectivity index (χ1) is 9.04. The van der Waals surface area contributed by atoms with Crippen molar-refractivity contribution in [1.82, 2.24) is 10.6 Å². The van der Waals surface area contributed by atoms with Gasteiger partial charge in [-0.25, -0.2) is 9.59 Å². The third-order valence-corrected chi connectivity index (χ3v) is 3.56. The van der Waals surface area contributed by atoms with E-state index in [1.54, 1.807) is 12.1 Å². The van der Waals surface area contributed by atoms with Crippen LogP contribution in [0, 0.1) is 0 Å². The van der Waals surface area contributed by atoms with Gasteiger partial charge in [0.2, 0.25) is 0 Å². The highest BCUT2D eigenvalue weighted by molar-refractivity contribution is 5.87. The van der Waals surface area contributed by atoms with E-state index >= 15 is 0 Å². The minimum atomic E-state index is -0.948. The van der Waals surface area contributed by atoms with Crippen LogP contribution >= 0.6 is 0 Å². The van der Waals surface area contributed by atoms with Crippen molar-refractivity contribution in [2.24, 2.45) is 0 Å². The van der Waals surface area contributed by atoms with Crippen molar-refractivity contribution in [3.05, 3.63) is 35.4 Å². The van der Waals surface area contributed by atoms with Crippen molar-refractivity contribution >= 4 is 12.0 Å². The maximum atomic E-state index is 11.7. The molecule has 0 aliphatic heterocycles. The van der Waals surface area contributed by atoms with Gasteiger partial charge in [0.1, 0.15) is 0 Å². The molecule has 2 amide bonds. The van der Waals surface area contributed by atoms with Crippen LogP contribution in [0.25, 0.3) is 0 Å². The fourth-order valence-corrected chi connectivity index (χ4v) is 1.95. The number of carbonyl (C=O) groups is 2.